The number of nitrogens with one attached hydrogen (secondary N) is 1. The van der Waals surface area contributed by atoms with E-state index in [-0.39, 0.29) is 11.7 Å². The van der Waals surface area contributed by atoms with Gasteiger partial charge >= 0.3 is 0 Å². The minimum atomic E-state index is -0.677. The fraction of sp³-hybridized carbons (Fsp3) is 0.167. The predicted octanol–water partition coefficient (Wildman–Crippen LogP) is 5.28. The third-order valence-corrected chi connectivity index (χ3v) is 4.14. The van der Waals surface area contributed by atoms with Crippen molar-refractivity contribution in [3.05, 3.63) is 54.4 Å². The van der Waals surface area contributed by atoms with E-state index < -0.39 is 10.7 Å². The first-order valence-electron chi connectivity index (χ1n) is 5.53. The molecule has 8 heteroatoms. The lowest BCUT2D eigenvalue weighted by Gasteiger charge is -2.14. The molecule has 1 unspecified atom stereocenters. The normalized spacial score (nSPS) is 12.2. The summed E-state index contributed by atoms with van der Waals surface area (Å²) < 4.78 is 14.4. The zero-order valence-electron chi connectivity index (χ0n) is 10.2. The van der Waals surface area contributed by atoms with E-state index in [2.05, 4.69) is 5.32 Å². The SMILES string of the molecule is CC(Nc1cc(F)cc([N+](=O)[O-])c1)c1cc(Cl)sc1Cl. The van der Waals surface area contributed by atoms with Crippen molar-refractivity contribution in [2.75, 3.05) is 5.32 Å². The number of hydrogen-bond donors (Lipinski definition) is 1. The number of non-ortho nitro benzene ring substituents is 1. The second-order valence-corrected chi connectivity index (χ2v) is 6.39. The van der Waals surface area contributed by atoms with Gasteiger partial charge in [-0.05, 0) is 19.1 Å². The highest BCUT2D eigenvalue weighted by Gasteiger charge is 2.15. The topological polar surface area (TPSA) is 55.2 Å². The van der Waals surface area contributed by atoms with Crippen LogP contribution in [-0.4, -0.2) is 4.92 Å². The first-order valence-corrected chi connectivity index (χ1v) is 7.10. The minimum Gasteiger partial charge on any atom is -0.378 e. The van der Waals surface area contributed by atoms with Crippen LogP contribution in [0.3, 0.4) is 0 Å². The van der Waals surface area contributed by atoms with Crippen LogP contribution < -0.4 is 5.32 Å². The fourth-order valence-electron chi connectivity index (χ4n) is 1.74. The summed E-state index contributed by atoms with van der Waals surface area (Å²) in [5.74, 6) is -0.677. The quantitative estimate of drug-likeness (QED) is 0.611. The average Bonchev–Trinajstić information content (AvgIpc) is 2.67. The molecule has 2 rings (SSSR count). The average molecular weight is 335 g/mol. The Morgan fingerprint density at radius 2 is 2.05 bits per heavy atom. The number of anilines is 1. The standard InChI is InChI=1S/C12H9Cl2FN2O2S/c1-6(10-5-11(13)20-12(10)14)16-8-2-7(15)3-9(4-8)17(18)19/h2-6,16H,1H3. The Morgan fingerprint density at radius 3 is 2.60 bits per heavy atom. The molecule has 0 aliphatic carbocycles. The Bertz CT molecular complexity index is 663. The molecule has 106 valence electrons. The second-order valence-electron chi connectivity index (χ2n) is 4.10. The van der Waals surface area contributed by atoms with Crippen molar-refractivity contribution < 1.29 is 9.31 Å². The molecule has 0 amide bonds. The first-order chi connectivity index (χ1) is 9.36. The Balaban J connectivity index is 2.25. The Labute approximate surface area is 128 Å². The highest BCUT2D eigenvalue weighted by Crippen LogP contribution is 2.36. The van der Waals surface area contributed by atoms with Crippen molar-refractivity contribution in [3.63, 3.8) is 0 Å². The molecule has 0 bridgehead atoms. The van der Waals surface area contributed by atoms with Gasteiger partial charge in [-0.3, -0.25) is 10.1 Å². The molecule has 4 nitrogen and oxygen atoms in total. The van der Waals surface area contributed by atoms with E-state index in [1.54, 1.807) is 13.0 Å². The molecule has 20 heavy (non-hydrogen) atoms. The van der Waals surface area contributed by atoms with Crippen molar-refractivity contribution in [2.24, 2.45) is 0 Å². The van der Waals surface area contributed by atoms with Gasteiger partial charge in [0.05, 0.1) is 25.7 Å². The van der Waals surface area contributed by atoms with E-state index in [1.807, 2.05) is 0 Å². The number of rotatable bonds is 4. The van der Waals surface area contributed by atoms with Crippen LogP contribution in [0.5, 0.6) is 0 Å². The monoisotopic (exact) mass is 334 g/mol. The molecule has 0 aliphatic heterocycles. The number of thiophene rings is 1. The number of halogens is 3. The maximum atomic E-state index is 13.3. The van der Waals surface area contributed by atoms with Gasteiger partial charge in [0.15, 0.2) is 0 Å². The van der Waals surface area contributed by atoms with Gasteiger partial charge in [0.2, 0.25) is 0 Å². The number of benzene rings is 1. The van der Waals surface area contributed by atoms with Gasteiger partial charge in [-0.2, -0.15) is 0 Å². The van der Waals surface area contributed by atoms with Crippen LogP contribution in [0.2, 0.25) is 8.67 Å². The maximum Gasteiger partial charge on any atom is 0.274 e. The van der Waals surface area contributed by atoms with Crippen LogP contribution in [0.15, 0.2) is 24.3 Å². The number of nitrogens with zero attached hydrogens (tertiary/aromatic N) is 1. The predicted molar refractivity (Wildman–Crippen MR) is 79.4 cm³/mol. The van der Waals surface area contributed by atoms with E-state index in [0.717, 1.165) is 11.6 Å². The molecular formula is C12H9Cl2FN2O2S. The van der Waals surface area contributed by atoms with Crippen molar-refractivity contribution in [3.8, 4) is 0 Å². The van der Waals surface area contributed by atoms with Crippen molar-refractivity contribution in [1.29, 1.82) is 0 Å². The summed E-state index contributed by atoms with van der Waals surface area (Å²) in [6.07, 6.45) is 0. The highest BCUT2D eigenvalue weighted by molar-refractivity contribution is 7.20. The number of nitro benzene ring substituents is 1. The Kier molecular flexibility index (Phi) is 4.47. The lowest BCUT2D eigenvalue weighted by Crippen LogP contribution is -2.06. The Hall–Kier alpha value is -1.37. The second kappa shape index (κ2) is 5.95. The summed E-state index contributed by atoms with van der Waals surface area (Å²) in [7, 11) is 0. The zero-order chi connectivity index (χ0) is 14.9. The molecular weight excluding hydrogens is 326 g/mol. The third-order valence-electron chi connectivity index (χ3n) is 2.63. The van der Waals surface area contributed by atoms with Crippen LogP contribution in [0, 0.1) is 15.9 Å². The molecule has 0 spiro atoms. The van der Waals surface area contributed by atoms with Gasteiger partial charge in [-0.1, -0.05) is 23.2 Å². The summed E-state index contributed by atoms with van der Waals surface area (Å²) in [5, 5.41) is 13.7. The van der Waals surface area contributed by atoms with E-state index in [9.17, 15) is 14.5 Å². The largest absolute Gasteiger partial charge is 0.378 e. The van der Waals surface area contributed by atoms with Gasteiger partial charge in [-0.15, -0.1) is 11.3 Å². The van der Waals surface area contributed by atoms with Crippen molar-refractivity contribution in [2.45, 2.75) is 13.0 Å². The number of nitro groups is 1. The molecule has 2 aromatic rings. The van der Waals surface area contributed by atoms with Gasteiger partial charge in [0, 0.05) is 17.3 Å². The van der Waals surface area contributed by atoms with E-state index in [4.69, 9.17) is 23.2 Å². The molecule has 1 N–H and O–H groups in total. The lowest BCUT2D eigenvalue weighted by molar-refractivity contribution is -0.385. The van der Waals surface area contributed by atoms with Gasteiger partial charge in [0.1, 0.15) is 5.82 Å². The van der Waals surface area contributed by atoms with Gasteiger partial charge in [-0.25, -0.2) is 4.39 Å². The van der Waals surface area contributed by atoms with E-state index in [0.29, 0.717) is 14.4 Å². The molecule has 0 saturated heterocycles. The fourth-order valence-corrected chi connectivity index (χ4v) is 3.38. The van der Waals surface area contributed by atoms with Crippen LogP contribution in [0.25, 0.3) is 0 Å². The third kappa shape index (κ3) is 3.39. The smallest absolute Gasteiger partial charge is 0.274 e. The minimum absolute atomic E-state index is 0.257. The summed E-state index contributed by atoms with van der Waals surface area (Å²) >= 11 is 13.1. The van der Waals surface area contributed by atoms with Crippen LogP contribution >= 0.6 is 34.5 Å². The maximum absolute atomic E-state index is 13.3. The molecule has 1 atom stereocenters. The van der Waals surface area contributed by atoms with Crippen LogP contribution in [0.4, 0.5) is 15.8 Å². The van der Waals surface area contributed by atoms with Gasteiger partial charge in [0.25, 0.3) is 5.69 Å². The lowest BCUT2D eigenvalue weighted by atomic mass is 10.1. The van der Waals surface area contributed by atoms with Crippen molar-refractivity contribution in [1.82, 2.24) is 0 Å². The summed E-state index contributed by atoms with van der Waals surface area (Å²) in [5.41, 5.74) is 0.755. The molecule has 0 aliphatic rings. The Morgan fingerprint density at radius 1 is 1.35 bits per heavy atom. The van der Waals surface area contributed by atoms with E-state index in [1.165, 1.54) is 23.5 Å². The molecule has 1 aromatic heterocycles. The molecule has 1 aromatic carbocycles. The highest BCUT2D eigenvalue weighted by atomic mass is 35.5. The molecule has 0 radical (unpaired) electrons. The summed E-state index contributed by atoms with van der Waals surface area (Å²) in [6.45, 7) is 1.81. The summed E-state index contributed by atoms with van der Waals surface area (Å²) in [6, 6.07) is 4.77. The molecule has 0 saturated carbocycles. The summed E-state index contributed by atoms with van der Waals surface area (Å²) in [4.78, 5) is 10.0. The molecule has 1 heterocycles. The van der Waals surface area contributed by atoms with Gasteiger partial charge < -0.3 is 5.32 Å². The van der Waals surface area contributed by atoms with E-state index >= 15 is 0 Å². The first kappa shape index (κ1) is 15.0. The van der Waals surface area contributed by atoms with Crippen LogP contribution in [-0.2, 0) is 0 Å². The zero-order valence-corrected chi connectivity index (χ0v) is 12.5. The van der Waals surface area contributed by atoms with Crippen LogP contribution in [0.1, 0.15) is 18.5 Å². The molecule has 0 fully saturated rings. The van der Waals surface area contributed by atoms with Crippen molar-refractivity contribution >= 4 is 45.9 Å². The number of hydrogen-bond acceptors (Lipinski definition) is 4.